The van der Waals surface area contributed by atoms with E-state index in [0.717, 1.165) is 5.69 Å². The van der Waals surface area contributed by atoms with Crippen molar-refractivity contribution < 1.29 is 0 Å². The summed E-state index contributed by atoms with van der Waals surface area (Å²) in [6.45, 7) is 8.62. The zero-order valence-corrected chi connectivity index (χ0v) is 10.5. The normalized spacial score (nSPS) is 12.9. The van der Waals surface area contributed by atoms with E-state index in [9.17, 15) is 0 Å². The summed E-state index contributed by atoms with van der Waals surface area (Å²) >= 11 is 0. The Morgan fingerprint density at radius 3 is 2.25 bits per heavy atom. The smallest absolute Gasteiger partial charge is 0.0643 e. The predicted octanol–water partition coefficient (Wildman–Crippen LogP) is 3.70. The second-order valence-electron chi connectivity index (χ2n) is 5.23. The quantitative estimate of drug-likeness (QED) is 0.836. The molecular weight excluding hydrogens is 196 g/mol. The van der Waals surface area contributed by atoms with Crippen LogP contribution in [0, 0.1) is 11.3 Å². The van der Waals surface area contributed by atoms with Gasteiger partial charge in [-0.25, -0.2) is 0 Å². The standard InChI is InChI=1S/C14H20N2/c1-11(9-10-15)16-13-7-5-12(6-8-13)14(2,3)4/h5-8,11,16H,9H2,1-4H3. The summed E-state index contributed by atoms with van der Waals surface area (Å²) in [6, 6.07) is 10.8. The van der Waals surface area contributed by atoms with E-state index in [-0.39, 0.29) is 11.5 Å². The van der Waals surface area contributed by atoms with E-state index in [4.69, 9.17) is 5.26 Å². The van der Waals surface area contributed by atoms with Crippen molar-refractivity contribution in [3.63, 3.8) is 0 Å². The topological polar surface area (TPSA) is 35.8 Å². The van der Waals surface area contributed by atoms with E-state index in [0.29, 0.717) is 6.42 Å². The Morgan fingerprint density at radius 2 is 1.81 bits per heavy atom. The molecule has 16 heavy (non-hydrogen) atoms. The van der Waals surface area contributed by atoms with Crippen molar-refractivity contribution in [2.45, 2.75) is 45.6 Å². The van der Waals surface area contributed by atoms with Gasteiger partial charge in [0, 0.05) is 11.7 Å². The zero-order valence-electron chi connectivity index (χ0n) is 10.5. The average molecular weight is 216 g/mol. The Labute approximate surface area is 98.3 Å². The molecule has 0 aliphatic heterocycles. The SMILES string of the molecule is CC(CC#N)Nc1ccc(C(C)(C)C)cc1. The molecule has 86 valence electrons. The molecule has 1 aromatic rings. The lowest BCUT2D eigenvalue weighted by molar-refractivity contribution is 0.590. The lowest BCUT2D eigenvalue weighted by Gasteiger charge is -2.20. The van der Waals surface area contributed by atoms with Crippen LogP contribution in [-0.2, 0) is 5.41 Å². The summed E-state index contributed by atoms with van der Waals surface area (Å²) in [7, 11) is 0. The third kappa shape index (κ3) is 3.58. The molecule has 0 bridgehead atoms. The van der Waals surface area contributed by atoms with Crippen molar-refractivity contribution in [1.29, 1.82) is 5.26 Å². The first-order valence-electron chi connectivity index (χ1n) is 5.67. The summed E-state index contributed by atoms with van der Waals surface area (Å²) in [5.41, 5.74) is 2.60. The van der Waals surface area contributed by atoms with E-state index in [1.165, 1.54) is 5.56 Å². The van der Waals surface area contributed by atoms with Crippen LogP contribution >= 0.6 is 0 Å². The molecule has 0 spiro atoms. The number of hydrogen-bond donors (Lipinski definition) is 1. The van der Waals surface area contributed by atoms with Gasteiger partial charge in [0.05, 0.1) is 12.5 Å². The maximum absolute atomic E-state index is 8.58. The molecule has 2 nitrogen and oxygen atoms in total. The van der Waals surface area contributed by atoms with E-state index < -0.39 is 0 Å². The highest BCUT2D eigenvalue weighted by atomic mass is 14.9. The van der Waals surface area contributed by atoms with Gasteiger partial charge in [-0.05, 0) is 30.0 Å². The van der Waals surface area contributed by atoms with Gasteiger partial charge in [-0.1, -0.05) is 32.9 Å². The second kappa shape index (κ2) is 5.03. The van der Waals surface area contributed by atoms with Crippen molar-refractivity contribution in [2.24, 2.45) is 0 Å². The number of anilines is 1. The van der Waals surface area contributed by atoms with Gasteiger partial charge in [0.2, 0.25) is 0 Å². The van der Waals surface area contributed by atoms with Crippen LogP contribution in [-0.4, -0.2) is 6.04 Å². The van der Waals surface area contributed by atoms with Gasteiger partial charge in [-0.3, -0.25) is 0 Å². The van der Waals surface area contributed by atoms with Gasteiger partial charge >= 0.3 is 0 Å². The highest BCUT2D eigenvalue weighted by Crippen LogP contribution is 2.23. The summed E-state index contributed by atoms with van der Waals surface area (Å²) in [6.07, 6.45) is 0.529. The van der Waals surface area contributed by atoms with E-state index >= 15 is 0 Å². The molecule has 0 aliphatic rings. The molecule has 0 saturated carbocycles. The summed E-state index contributed by atoms with van der Waals surface area (Å²) in [4.78, 5) is 0. The van der Waals surface area contributed by atoms with Crippen LogP contribution in [0.1, 0.15) is 39.7 Å². The van der Waals surface area contributed by atoms with E-state index in [1.807, 2.05) is 6.92 Å². The number of benzene rings is 1. The maximum atomic E-state index is 8.58. The average Bonchev–Trinajstić information content (AvgIpc) is 2.17. The molecule has 0 aromatic heterocycles. The van der Waals surface area contributed by atoms with Crippen molar-refractivity contribution >= 4 is 5.69 Å². The highest BCUT2D eigenvalue weighted by Gasteiger charge is 2.12. The van der Waals surface area contributed by atoms with Gasteiger partial charge in [-0.15, -0.1) is 0 Å². The second-order valence-corrected chi connectivity index (χ2v) is 5.23. The van der Waals surface area contributed by atoms with E-state index in [2.05, 4.69) is 56.4 Å². The largest absolute Gasteiger partial charge is 0.382 e. The fourth-order valence-corrected chi connectivity index (χ4v) is 1.54. The van der Waals surface area contributed by atoms with Gasteiger partial charge in [0.1, 0.15) is 0 Å². The molecule has 1 atom stereocenters. The predicted molar refractivity (Wildman–Crippen MR) is 68.5 cm³/mol. The Bertz CT molecular complexity index is 365. The summed E-state index contributed by atoms with van der Waals surface area (Å²) < 4.78 is 0. The molecule has 0 heterocycles. The molecule has 0 fully saturated rings. The number of nitriles is 1. The van der Waals surface area contributed by atoms with Gasteiger partial charge in [-0.2, -0.15) is 5.26 Å². The van der Waals surface area contributed by atoms with Crippen LogP contribution in [0.25, 0.3) is 0 Å². The third-order valence-corrected chi connectivity index (χ3v) is 2.56. The molecule has 0 aliphatic carbocycles. The van der Waals surface area contributed by atoms with Crippen LogP contribution in [0.5, 0.6) is 0 Å². The highest BCUT2D eigenvalue weighted by molar-refractivity contribution is 5.46. The molecule has 2 heteroatoms. The van der Waals surface area contributed by atoms with Crippen LogP contribution in [0.4, 0.5) is 5.69 Å². The number of nitrogens with one attached hydrogen (secondary N) is 1. The van der Waals surface area contributed by atoms with Crippen LogP contribution in [0.3, 0.4) is 0 Å². The van der Waals surface area contributed by atoms with Gasteiger partial charge < -0.3 is 5.32 Å². The summed E-state index contributed by atoms with van der Waals surface area (Å²) in [5.74, 6) is 0. The fourth-order valence-electron chi connectivity index (χ4n) is 1.54. The Kier molecular flexibility index (Phi) is 3.95. The van der Waals surface area contributed by atoms with Crippen molar-refractivity contribution in [2.75, 3.05) is 5.32 Å². The number of hydrogen-bond acceptors (Lipinski definition) is 2. The van der Waals surface area contributed by atoms with Crippen molar-refractivity contribution in [3.05, 3.63) is 29.8 Å². The Hall–Kier alpha value is -1.49. The molecular formula is C14H20N2. The summed E-state index contributed by atoms with van der Waals surface area (Å²) in [5, 5.41) is 11.9. The van der Waals surface area contributed by atoms with Crippen molar-refractivity contribution in [1.82, 2.24) is 0 Å². The van der Waals surface area contributed by atoms with E-state index in [1.54, 1.807) is 0 Å². The molecule has 0 radical (unpaired) electrons. The third-order valence-electron chi connectivity index (χ3n) is 2.56. The first-order chi connectivity index (χ1) is 7.43. The Morgan fingerprint density at radius 1 is 1.25 bits per heavy atom. The molecule has 1 N–H and O–H groups in total. The van der Waals surface area contributed by atoms with Crippen LogP contribution in [0.2, 0.25) is 0 Å². The Balaban J connectivity index is 2.69. The van der Waals surface area contributed by atoms with Gasteiger partial charge in [0.25, 0.3) is 0 Å². The number of rotatable bonds is 3. The molecule has 1 rings (SSSR count). The minimum atomic E-state index is 0.191. The first-order valence-corrected chi connectivity index (χ1v) is 5.67. The first kappa shape index (κ1) is 12.6. The lowest BCUT2D eigenvalue weighted by Crippen LogP contribution is -2.15. The minimum absolute atomic E-state index is 0.191. The van der Waals surface area contributed by atoms with Gasteiger partial charge in [0.15, 0.2) is 0 Å². The lowest BCUT2D eigenvalue weighted by atomic mass is 9.87. The number of nitrogens with zero attached hydrogens (tertiary/aromatic N) is 1. The fraction of sp³-hybridized carbons (Fsp3) is 0.500. The molecule has 0 saturated heterocycles. The van der Waals surface area contributed by atoms with Crippen LogP contribution in [0.15, 0.2) is 24.3 Å². The monoisotopic (exact) mass is 216 g/mol. The minimum Gasteiger partial charge on any atom is -0.382 e. The molecule has 1 aromatic carbocycles. The maximum Gasteiger partial charge on any atom is 0.0643 e. The van der Waals surface area contributed by atoms with Crippen LogP contribution < -0.4 is 5.32 Å². The molecule has 0 amide bonds. The zero-order chi connectivity index (χ0) is 12.2. The molecule has 1 unspecified atom stereocenters. The van der Waals surface area contributed by atoms with Crippen molar-refractivity contribution in [3.8, 4) is 6.07 Å².